The van der Waals surface area contributed by atoms with Gasteiger partial charge in [-0.05, 0) is 32.7 Å². The molecule has 0 radical (unpaired) electrons. The van der Waals surface area contributed by atoms with Crippen LogP contribution in [0.2, 0.25) is 0 Å². The minimum atomic E-state index is 0.352. The van der Waals surface area contributed by atoms with Gasteiger partial charge in [0.2, 0.25) is 5.91 Å². The van der Waals surface area contributed by atoms with Gasteiger partial charge < -0.3 is 10.2 Å². The first-order chi connectivity index (χ1) is 8.11. The van der Waals surface area contributed by atoms with Crippen LogP contribution in [0.5, 0.6) is 0 Å². The van der Waals surface area contributed by atoms with Crippen molar-refractivity contribution in [2.24, 2.45) is 0 Å². The number of nitrogens with one attached hydrogen (secondary N) is 1. The Balaban J connectivity index is 2.25. The Kier molecular flexibility index (Phi) is 6.56. The maximum absolute atomic E-state index is 12.1. The number of carbonyl (C=O) groups is 1. The first kappa shape index (κ1) is 14.5. The Morgan fingerprint density at radius 3 is 2.82 bits per heavy atom. The van der Waals surface area contributed by atoms with E-state index in [-0.39, 0.29) is 0 Å². The highest BCUT2D eigenvalue weighted by molar-refractivity contribution is 5.76. The van der Waals surface area contributed by atoms with Gasteiger partial charge in [0, 0.05) is 25.0 Å². The summed E-state index contributed by atoms with van der Waals surface area (Å²) in [5, 5.41) is 3.36. The first-order valence-corrected chi connectivity index (χ1v) is 7.14. The monoisotopic (exact) mass is 240 g/mol. The van der Waals surface area contributed by atoms with Crippen LogP contribution in [0.15, 0.2) is 0 Å². The molecule has 0 saturated carbocycles. The summed E-state index contributed by atoms with van der Waals surface area (Å²) in [4.78, 5) is 14.2. The van der Waals surface area contributed by atoms with Crippen molar-refractivity contribution in [2.75, 3.05) is 13.1 Å². The molecule has 1 aliphatic rings. The van der Waals surface area contributed by atoms with Crippen molar-refractivity contribution in [1.29, 1.82) is 0 Å². The van der Waals surface area contributed by atoms with Crippen LogP contribution in [0.25, 0.3) is 0 Å². The van der Waals surface area contributed by atoms with Gasteiger partial charge in [-0.15, -0.1) is 0 Å². The van der Waals surface area contributed by atoms with E-state index in [9.17, 15) is 4.79 Å². The zero-order valence-electron chi connectivity index (χ0n) is 11.7. The first-order valence-electron chi connectivity index (χ1n) is 7.14. The van der Waals surface area contributed by atoms with Crippen LogP contribution >= 0.6 is 0 Å². The Morgan fingerprint density at radius 1 is 1.35 bits per heavy atom. The third-order valence-corrected chi connectivity index (χ3v) is 3.49. The molecule has 1 amide bonds. The summed E-state index contributed by atoms with van der Waals surface area (Å²) in [6, 6.07) is 0.963. The molecule has 1 fully saturated rings. The zero-order chi connectivity index (χ0) is 12.7. The van der Waals surface area contributed by atoms with Crippen LogP contribution in [0.1, 0.15) is 59.3 Å². The highest BCUT2D eigenvalue weighted by Gasteiger charge is 2.21. The molecule has 0 aromatic carbocycles. The largest absolute Gasteiger partial charge is 0.340 e. The highest BCUT2D eigenvalue weighted by atomic mass is 16.2. The van der Waals surface area contributed by atoms with E-state index in [0.29, 0.717) is 24.4 Å². The van der Waals surface area contributed by atoms with E-state index in [2.05, 4.69) is 31.0 Å². The molecule has 0 aliphatic carbocycles. The zero-order valence-corrected chi connectivity index (χ0v) is 11.7. The lowest BCUT2D eigenvalue weighted by atomic mass is 10.1. The van der Waals surface area contributed by atoms with Gasteiger partial charge in [0.25, 0.3) is 0 Å². The van der Waals surface area contributed by atoms with E-state index < -0.39 is 0 Å². The van der Waals surface area contributed by atoms with Gasteiger partial charge in [-0.2, -0.15) is 0 Å². The fraction of sp³-hybridized carbons (Fsp3) is 0.929. The predicted molar refractivity (Wildman–Crippen MR) is 72.0 cm³/mol. The Morgan fingerprint density at radius 2 is 2.12 bits per heavy atom. The van der Waals surface area contributed by atoms with Crippen LogP contribution in [0.3, 0.4) is 0 Å². The molecule has 1 rings (SSSR count). The molecule has 1 saturated heterocycles. The van der Waals surface area contributed by atoms with Crippen molar-refractivity contribution in [2.45, 2.75) is 71.4 Å². The quantitative estimate of drug-likeness (QED) is 0.749. The van der Waals surface area contributed by atoms with Gasteiger partial charge in [-0.25, -0.2) is 0 Å². The number of nitrogens with zero attached hydrogens (tertiary/aromatic N) is 1. The topological polar surface area (TPSA) is 32.3 Å². The van der Waals surface area contributed by atoms with E-state index in [1.165, 1.54) is 25.7 Å². The number of hydrogen-bond donors (Lipinski definition) is 1. The summed E-state index contributed by atoms with van der Waals surface area (Å²) in [7, 11) is 0. The van der Waals surface area contributed by atoms with Crippen molar-refractivity contribution in [1.82, 2.24) is 10.2 Å². The normalized spacial score (nSPS) is 21.6. The van der Waals surface area contributed by atoms with Crippen LogP contribution in [-0.2, 0) is 4.79 Å². The highest BCUT2D eigenvalue weighted by Crippen LogP contribution is 2.17. The summed E-state index contributed by atoms with van der Waals surface area (Å²) in [5.74, 6) is 0.352. The molecule has 100 valence electrons. The SMILES string of the molecule is CC(C)NCCCC(=O)N1CCCCCC1C. The molecule has 1 aliphatic heterocycles. The molecular formula is C14H28N2O. The van der Waals surface area contributed by atoms with Crippen LogP contribution in [0, 0.1) is 0 Å². The molecule has 3 nitrogen and oxygen atoms in total. The number of amides is 1. The average Bonchev–Trinajstić information content (AvgIpc) is 2.48. The van der Waals surface area contributed by atoms with Crippen molar-refractivity contribution in [3.63, 3.8) is 0 Å². The lowest BCUT2D eigenvalue weighted by molar-refractivity contribution is -0.133. The predicted octanol–water partition coefficient (Wildman–Crippen LogP) is 2.56. The summed E-state index contributed by atoms with van der Waals surface area (Å²) >= 11 is 0. The number of carbonyl (C=O) groups excluding carboxylic acids is 1. The van der Waals surface area contributed by atoms with Gasteiger partial charge in [0.1, 0.15) is 0 Å². The van der Waals surface area contributed by atoms with Crippen molar-refractivity contribution in [3.05, 3.63) is 0 Å². The molecule has 0 spiro atoms. The van der Waals surface area contributed by atoms with E-state index in [1.807, 2.05) is 0 Å². The number of likely N-dealkylation sites (tertiary alicyclic amines) is 1. The lowest BCUT2D eigenvalue weighted by Crippen LogP contribution is -2.38. The average molecular weight is 240 g/mol. The molecule has 1 unspecified atom stereocenters. The molecule has 3 heteroatoms. The third-order valence-electron chi connectivity index (χ3n) is 3.49. The maximum Gasteiger partial charge on any atom is 0.222 e. The molecule has 0 bridgehead atoms. The molecule has 1 atom stereocenters. The minimum absolute atomic E-state index is 0.352. The fourth-order valence-electron chi connectivity index (χ4n) is 2.42. The van der Waals surface area contributed by atoms with Gasteiger partial charge in [0.05, 0.1) is 0 Å². The van der Waals surface area contributed by atoms with Crippen LogP contribution < -0.4 is 5.32 Å². The Labute approximate surface area is 106 Å². The second-order valence-electron chi connectivity index (χ2n) is 5.50. The van der Waals surface area contributed by atoms with Crippen LogP contribution in [-0.4, -0.2) is 36.0 Å². The summed E-state index contributed by atoms with van der Waals surface area (Å²) in [6.07, 6.45) is 6.57. The van der Waals surface area contributed by atoms with Crippen molar-refractivity contribution < 1.29 is 4.79 Å². The molecule has 1 N–H and O–H groups in total. The van der Waals surface area contributed by atoms with Crippen LogP contribution in [0.4, 0.5) is 0 Å². The van der Waals surface area contributed by atoms with Gasteiger partial charge in [0.15, 0.2) is 0 Å². The molecule has 0 aromatic rings. The lowest BCUT2D eigenvalue weighted by Gasteiger charge is -2.27. The van der Waals surface area contributed by atoms with Gasteiger partial charge in [-0.3, -0.25) is 4.79 Å². The second kappa shape index (κ2) is 7.70. The molecule has 1 heterocycles. The summed E-state index contributed by atoms with van der Waals surface area (Å²) < 4.78 is 0. The maximum atomic E-state index is 12.1. The van der Waals surface area contributed by atoms with Gasteiger partial charge in [-0.1, -0.05) is 26.7 Å². The number of rotatable bonds is 5. The summed E-state index contributed by atoms with van der Waals surface area (Å²) in [6.45, 7) is 8.39. The van der Waals surface area contributed by atoms with E-state index >= 15 is 0 Å². The Hall–Kier alpha value is -0.570. The molecular weight excluding hydrogens is 212 g/mol. The van der Waals surface area contributed by atoms with Gasteiger partial charge >= 0.3 is 0 Å². The molecule has 17 heavy (non-hydrogen) atoms. The second-order valence-corrected chi connectivity index (χ2v) is 5.50. The van der Waals surface area contributed by atoms with Crippen molar-refractivity contribution >= 4 is 5.91 Å². The summed E-state index contributed by atoms with van der Waals surface area (Å²) in [5.41, 5.74) is 0. The third kappa shape index (κ3) is 5.53. The fourth-order valence-corrected chi connectivity index (χ4v) is 2.42. The van der Waals surface area contributed by atoms with Crippen molar-refractivity contribution in [3.8, 4) is 0 Å². The van der Waals surface area contributed by atoms with E-state index in [4.69, 9.17) is 0 Å². The minimum Gasteiger partial charge on any atom is -0.340 e. The Bertz CT molecular complexity index is 228. The molecule has 0 aromatic heterocycles. The smallest absolute Gasteiger partial charge is 0.222 e. The standard InChI is InChI=1S/C14H28N2O/c1-12(2)15-10-7-9-14(17)16-11-6-4-5-8-13(16)3/h12-13,15H,4-11H2,1-3H3. The van der Waals surface area contributed by atoms with E-state index in [0.717, 1.165) is 19.5 Å². The number of hydrogen-bond acceptors (Lipinski definition) is 2. The van der Waals surface area contributed by atoms with E-state index in [1.54, 1.807) is 0 Å².